The fourth-order valence-corrected chi connectivity index (χ4v) is 6.51. The number of carbonyl (C=O) groups excluding carboxylic acids is 4. The third-order valence-electron chi connectivity index (χ3n) is 8.41. The number of hydrogen-bond acceptors (Lipinski definition) is 11. The molecule has 1 saturated heterocycles. The fraction of sp³-hybridized carbons (Fsp3) is 0.481. The maximum atomic E-state index is 15.4. The van der Waals surface area contributed by atoms with Gasteiger partial charge in [-0.3, -0.25) is 29.0 Å². The molecule has 41 heavy (non-hydrogen) atoms. The lowest BCUT2D eigenvalue weighted by Crippen LogP contribution is -2.65. The number of aliphatic hydroxyl groups is 3. The van der Waals surface area contributed by atoms with Gasteiger partial charge < -0.3 is 36.2 Å². The first-order chi connectivity index (χ1) is 19.3. The quantitative estimate of drug-likeness (QED) is 0.193. The van der Waals surface area contributed by atoms with Crippen LogP contribution in [0.4, 0.5) is 10.1 Å². The predicted octanol–water partition coefficient (Wildman–Crippen LogP) is -0.626. The molecule has 2 fully saturated rings. The number of ketones is 2. The van der Waals surface area contributed by atoms with E-state index < -0.39 is 86.7 Å². The molecule has 0 aromatic heterocycles. The highest BCUT2D eigenvalue weighted by molar-refractivity contribution is 6.24. The van der Waals surface area contributed by atoms with Crippen LogP contribution in [-0.4, -0.2) is 112 Å². The first-order valence-corrected chi connectivity index (χ1v) is 13.1. The number of ether oxygens (including phenoxy) is 1. The number of halogens is 1. The number of nitrogens with two attached hydrogens (primary N) is 1. The number of phenolic OH excluding ortho intramolecular Hbond substituents is 1. The Hall–Kier alpha value is -3.85. The topological polar surface area (TPSA) is 203 Å². The van der Waals surface area contributed by atoms with E-state index in [9.17, 15) is 39.6 Å². The van der Waals surface area contributed by atoms with Crippen LogP contribution in [0.5, 0.6) is 5.75 Å². The molecule has 3 aliphatic carbocycles. The van der Waals surface area contributed by atoms with E-state index in [0.717, 1.165) is 6.07 Å². The van der Waals surface area contributed by atoms with E-state index in [4.69, 9.17) is 10.5 Å². The van der Waals surface area contributed by atoms with Crippen molar-refractivity contribution < 1.29 is 48.7 Å². The number of aliphatic hydroxyl groups excluding tert-OH is 2. The number of likely N-dealkylation sites (N-methyl/N-ethyl adjacent to an activating group) is 1. The number of primary amides is 1. The van der Waals surface area contributed by atoms with Crippen LogP contribution in [0, 0.1) is 17.7 Å². The fourth-order valence-electron chi connectivity index (χ4n) is 6.51. The number of phenols is 1. The molecule has 1 aromatic rings. The van der Waals surface area contributed by atoms with Gasteiger partial charge >= 0.3 is 0 Å². The number of nitrogens with one attached hydrogen (secondary N) is 1. The van der Waals surface area contributed by atoms with Gasteiger partial charge in [0, 0.05) is 36.2 Å². The van der Waals surface area contributed by atoms with Crippen LogP contribution in [0.15, 0.2) is 23.0 Å². The van der Waals surface area contributed by atoms with Gasteiger partial charge in [0.15, 0.2) is 17.1 Å². The normalized spacial score (nSPS) is 28.4. The molecular weight excluding hydrogens is 543 g/mol. The van der Waals surface area contributed by atoms with Crippen molar-refractivity contribution in [2.24, 2.45) is 17.6 Å². The molecule has 0 radical (unpaired) electrons. The van der Waals surface area contributed by atoms with Crippen molar-refractivity contribution in [1.29, 1.82) is 0 Å². The molecule has 1 aliphatic heterocycles. The first-order valence-electron chi connectivity index (χ1n) is 13.1. The summed E-state index contributed by atoms with van der Waals surface area (Å²) < 4.78 is 20.7. The molecule has 13 nitrogen and oxygen atoms in total. The molecule has 220 valence electrons. The second-order valence-corrected chi connectivity index (χ2v) is 11.0. The van der Waals surface area contributed by atoms with Gasteiger partial charge in [-0.25, -0.2) is 4.39 Å². The monoisotopic (exact) mass is 574 g/mol. The van der Waals surface area contributed by atoms with E-state index >= 15 is 4.39 Å². The zero-order valence-electron chi connectivity index (χ0n) is 22.4. The Morgan fingerprint density at radius 2 is 1.88 bits per heavy atom. The Balaban J connectivity index is 1.57. The van der Waals surface area contributed by atoms with Crippen LogP contribution in [0.1, 0.15) is 17.5 Å². The lowest BCUT2D eigenvalue weighted by atomic mass is 9.57. The van der Waals surface area contributed by atoms with Crippen LogP contribution in [-0.2, 0) is 30.3 Å². The van der Waals surface area contributed by atoms with Crippen LogP contribution in [0.2, 0.25) is 0 Å². The van der Waals surface area contributed by atoms with Crippen LogP contribution >= 0.6 is 0 Å². The highest BCUT2D eigenvalue weighted by Crippen LogP contribution is 2.53. The Morgan fingerprint density at radius 1 is 1.22 bits per heavy atom. The molecule has 5 rings (SSSR count). The molecule has 14 heteroatoms. The average Bonchev–Trinajstić information content (AvgIpc) is 2.89. The lowest BCUT2D eigenvalue weighted by Gasteiger charge is -2.50. The van der Waals surface area contributed by atoms with Crippen molar-refractivity contribution in [2.75, 3.05) is 52.3 Å². The summed E-state index contributed by atoms with van der Waals surface area (Å²) in [6, 6.07) is -0.319. The number of nitrogens with zero attached hydrogens (tertiary/aromatic N) is 2. The van der Waals surface area contributed by atoms with Gasteiger partial charge in [-0.05, 0) is 32.9 Å². The SMILES string of the molecule is CN(C)[C@@H]1C(=O)C(C(N)=O)=C(O)[C@@]2(O)C(=O)C3=C(O)c4c(O)c(NC(=O)CN5CCOCC5)cc(F)c4C[C@H]3C[C@@H]12. The molecule has 1 aromatic carbocycles. The Kier molecular flexibility index (Phi) is 7.14. The summed E-state index contributed by atoms with van der Waals surface area (Å²) in [6.07, 6.45) is -0.361. The maximum absolute atomic E-state index is 15.4. The Labute approximate surface area is 233 Å². The summed E-state index contributed by atoms with van der Waals surface area (Å²) in [4.78, 5) is 54.9. The highest BCUT2D eigenvalue weighted by atomic mass is 19.1. The Bertz CT molecular complexity index is 1430. The number of morpholine rings is 1. The summed E-state index contributed by atoms with van der Waals surface area (Å²) in [6.45, 7) is 1.87. The second-order valence-electron chi connectivity index (χ2n) is 11.0. The molecule has 0 spiro atoms. The summed E-state index contributed by atoms with van der Waals surface area (Å²) in [5.74, 6) is -9.77. The maximum Gasteiger partial charge on any atom is 0.255 e. The molecule has 1 heterocycles. The van der Waals surface area contributed by atoms with E-state index in [2.05, 4.69) is 5.32 Å². The highest BCUT2D eigenvalue weighted by Gasteiger charge is 2.64. The zero-order chi connectivity index (χ0) is 30.0. The number of benzene rings is 1. The van der Waals surface area contributed by atoms with Gasteiger partial charge in [0.1, 0.15) is 22.9 Å². The lowest BCUT2D eigenvalue weighted by molar-refractivity contribution is -0.153. The predicted molar refractivity (Wildman–Crippen MR) is 140 cm³/mol. The van der Waals surface area contributed by atoms with Crippen molar-refractivity contribution in [2.45, 2.75) is 24.5 Å². The molecule has 0 unspecified atom stereocenters. The molecule has 2 amide bonds. The van der Waals surface area contributed by atoms with Crippen LogP contribution in [0.25, 0.3) is 5.76 Å². The number of fused-ring (bicyclic) bond motifs is 3. The van der Waals surface area contributed by atoms with E-state index in [0.29, 0.717) is 26.3 Å². The van der Waals surface area contributed by atoms with Crippen molar-refractivity contribution in [3.8, 4) is 5.75 Å². The second kappa shape index (κ2) is 10.2. The number of hydrogen-bond donors (Lipinski definition) is 6. The van der Waals surface area contributed by atoms with Crippen LogP contribution in [0.3, 0.4) is 0 Å². The standard InChI is InChI=1S/C27H31FN4O9/c1-31(2)20-13-8-11-7-12-14(28)9-15(30-16(33)10-32-3-5-41-6-4-32)21(34)18(12)22(35)17(11)24(37)27(13,40)25(38)19(23(20)36)26(29)39/h9,11,13,20,34-35,38,40H,3-8,10H2,1-2H3,(H2,29,39)(H,30,33)/t11-,13-,20-,27-/m0/s1. The van der Waals surface area contributed by atoms with Gasteiger partial charge in [0.2, 0.25) is 11.7 Å². The third kappa shape index (κ3) is 4.38. The number of anilines is 1. The number of rotatable bonds is 5. The van der Waals surface area contributed by atoms with Crippen molar-refractivity contribution in [3.05, 3.63) is 39.9 Å². The van der Waals surface area contributed by atoms with Gasteiger partial charge in [-0.15, -0.1) is 0 Å². The average molecular weight is 575 g/mol. The van der Waals surface area contributed by atoms with E-state index in [-0.39, 0.29) is 30.6 Å². The first kappa shape index (κ1) is 28.7. The summed E-state index contributed by atoms with van der Waals surface area (Å²) in [7, 11) is 2.97. The summed E-state index contributed by atoms with van der Waals surface area (Å²) in [5, 5.41) is 47.2. The van der Waals surface area contributed by atoms with E-state index in [1.165, 1.54) is 19.0 Å². The number of amides is 2. The minimum absolute atomic E-state index is 0.0525. The molecule has 4 atom stereocenters. The third-order valence-corrected chi connectivity index (χ3v) is 8.41. The minimum Gasteiger partial charge on any atom is -0.508 e. The molecule has 7 N–H and O–H groups in total. The van der Waals surface area contributed by atoms with Crippen molar-refractivity contribution >= 4 is 34.8 Å². The zero-order valence-corrected chi connectivity index (χ0v) is 22.4. The molecule has 4 aliphatic rings. The van der Waals surface area contributed by atoms with Gasteiger partial charge in [0.05, 0.1) is 37.1 Å². The summed E-state index contributed by atoms with van der Waals surface area (Å²) >= 11 is 0. The van der Waals surface area contributed by atoms with Crippen molar-refractivity contribution in [1.82, 2.24) is 9.80 Å². The molecule has 0 bridgehead atoms. The van der Waals surface area contributed by atoms with E-state index in [1.54, 1.807) is 0 Å². The van der Waals surface area contributed by atoms with E-state index in [1.807, 2.05) is 4.90 Å². The number of Topliss-reactive ketones (excluding diaryl/α,β-unsaturated/α-hetero) is 2. The largest absolute Gasteiger partial charge is 0.508 e. The molecule has 1 saturated carbocycles. The summed E-state index contributed by atoms with van der Waals surface area (Å²) in [5.41, 5.74) is 0.270. The Morgan fingerprint density at radius 3 is 2.49 bits per heavy atom. The number of carbonyl (C=O) groups is 4. The molecular formula is C27H31FN4O9. The van der Waals surface area contributed by atoms with Gasteiger partial charge in [0.25, 0.3) is 5.91 Å². The van der Waals surface area contributed by atoms with Gasteiger partial charge in [-0.2, -0.15) is 0 Å². The number of aromatic hydroxyl groups is 1. The van der Waals surface area contributed by atoms with Crippen molar-refractivity contribution in [3.63, 3.8) is 0 Å². The van der Waals surface area contributed by atoms with Gasteiger partial charge in [-0.1, -0.05) is 0 Å². The minimum atomic E-state index is -2.80. The smallest absolute Gasteiger partial charge is 0.255 e. The van der Waals surface area contributed by atoms with Crippen LogP contribution < -0.4 is 11.1 Å².